The number of ether oxygens (including phenoxy) is 1. The van der Waals surface area contributed by atoms with E-state index in [4.69, 9.17) is 4.74 Å². The molecule has 1 aliphatic rings. The molecule has 1 fully saturated rings. The van der Waals surface area contributed by atoms with E-state index in [0.29, 0.717) is 5.78 Å². The fourth-order valence-electron chi connectivity index (χ4n) is 3.74. The largest absolute Gasteiger partial charge is 0.496 e. The van der Waals surface area contributed by atoms with Crippen molar-refractivity contribution in [1.29, 1.82) is 0 Å². The van der Waals surface area contributed by atoms with Gasteiger partial charge in [-0.05, 0) is 92.0 Å². The molecule has 0 saturated heterocycles. The Kier molecular flexibility index (Phi) is 5.61. The summed E-state index contributed by atoms with van der Waals surface area (Å²) in [7, 11) is 1.69. The van der Waals surface area contributed by atoms with Crippen LogP contribution in [0.15, 0.2) is 42.0 Å². The van der Waals surface area contributed by atoms with E-state index in [1.165, 1.54) is 16.7 Å². The number of hydrogen-bond donors (Lipinski definition) is 0. The average molecular weight is 348 g/mol. The lowest BCUT2D eigenvalue weighted by atomic mass is 9.80. The number of hydrogen-bond acceptors (Lipinski definition) is 2. The molecule has 0 amide bonds. The molecule has 0 heterocycles. The third-order valence-electron chi connectivity index (χ3n) is 5.51. The SMILES string of the molecule is COc1cc(/C=C2\CCCC(Cc3ccc(C)c(C)c3)C2=O)ccc1C. The van der Waals surface area contributed by atoms with Crippen LogP contribution in [-0.4, -0.2) is 12.9 Å². The molecule has 3 rings (SSSR count). The smallest absolute Gasteiger partial charge is 0.162 e. The zero-order valence-electron chi connectivity index (χ0n) is 16.3. The summed E-state index contributed by atoms with van der Waals surface area (Å²) in [6, 6.07) is 12.7. The van der Waals surface area contributed by atoms with Crippen molar-refractivity contribution in [3.05, 3.63) is 69.8 Å². The Morgan fingerprint density at radius 1 is 1.04 bits per heavy atom. The zero-order chi connectivity index (χ0) is 18.7. The van der Waals surface area contributed by atoms with Gasteiger partial charge in [-0.1, -0.05) is 30.3 Å². The van der Waals surface area contributed by atoms with Gasteiger partial charge in [0, 0.05) is 5.92 Å². The lowest BCUT2D eigenvalue weighted by Gasteiger charge is -2.23. The standard InChI is InChI=1S/C24H28O2/c1-16-8-10-19(12-18(16)3)13-21-6-5-7-22(24(21)25)14-20-11-9-17(2)23(15-20)26-4/h8-12,14-15,21H,5-7,13H2,1-4H3/b22-14+. The summed E-state index contributed by atoms with van der Waals surface area (Å²) >= 11 is 0. The molecule has 2 nitrogen and oxygen atoms in total. The summed E-state index contributed by atoms with van der Waals surface area (Å²) in [5.74, 6) is 1.28. The lowest BCUT2D eigenvalue weighted by molar-refractivity contribution is -0.120. The van der Waals surface area contributed by atoms with Crippen molar-refractivity contribution in [3.63, 3.8) is 0 Å². The van der Waals surface area contributed by atoms with Gasteiger partial charge in [-0.2, -0.15) is 0 Å². The maximum atomic E-state index is 13.0. The predicted molar refractivity (Wildman–Crippen MR) is 108 cm³/mol. The van der Waals surface area contributed by atoms with Gasteiger partial charge in [0.1, 0.15) is 5.75 Å². The maximum absolute atomic E-state index is 13.0. The summed E-state index contributed by atoms with van der Waals surface area (Å²) in [5, 5.41) is 0. The number of aryl methyl sites for hydroxylation is 3. The molecule has 1 aliphatic carbocycles. The molecule has 2 aromatic rings. The van der Waals surface area contributed by atoms with Crippen LogP contribution in [0.1, 0.15) is 47.1 Å². The number of ketones is 1. The second kappa shape index (κ2) is 7.90. The van der Waals surface area contributed by atoms with Crippen molar-refractivity contribution in [2.24, 2.45) is 5.92 Å². The number of carbonyl (C=O) groups excluding carboxylic acids is 1. The number of Topliss-reactive ketones (excluding diaryl/α,β-unsaturated/α-hetero) is 1. The Bertz CT molecular complexity index is 845. The molecule has 1 saturated carbocycles. The first-order valence-electron chi connectivity index (χ1n) is 9.43. The van der Waals surface area contributed by atoms with Crippen molar-refractivity contribution in [3.8, 4) is 5.75 Å². The maximum Gasteiger partial charge on any atom is 0.162 e. The van der Waals surface area contributed by atoms with Crippen molar-refractivity contribution < 1.29 is 9.53 Å². The minimum absolute atomic E-state index is 0.101. The molecule has 2 aromatic carbocycles. The van der Waals surface area contributed by atoms with Crippen molar-refractivity contribution in [2.45, 2.75) is 46.5 Å². The van der Waals surface area contributed by atoms with E-state index in [2.05, 4.69) is 44.2 Å². The van der Waals surface area contributed by atoms with E-state index in [9.17, 15) is 4.79 Å². The van der Waals surface area contributed by atoms with Crippen LogP contribution in [0.2, 0.25) is 0 Å². The topological polar surface area (TPSA) is 26.3 Å². The molecule has 0 N–H and O–H groups in total. The van der Waals surface area contributed by atoms with Gasteiger partial charge in [-0.3, -0.25) is 4.79 Å². The highest BCUT2D eigenvalue weighted by Gasteiger charge is 2.26. The third-order valence-corrected chi connectivity index (χ3v) is 5.51. The molecule has 1 unspecified atom stereocenters. The number of allylic oxidation sites excluding steroid dienone is 1. The zero-order valence-corrected chi connectivity index (χ0v) is 16.3. The molecule has 1 atom stereocenters. The number of methoxy groups -OCH3 is 1. The highest BCUT2D eigenvalue weighted by molar-refractivity contribution is 6.01. The van der Waals surface area contributed by atoms with Gasteiger partial charge in [0.2, 0.25) is 0 Å². The molecule has 0 aliphatic heterocycles. The molecule has 0 aromatic heterocycles. The Hall–Kier alpha value is -2.35. The Balaban J connectivity index is 1.79. The number of rotatable bonds is 4. The van der Waals surface area contributed by atoms with Gasteiger partial charge in [0.25, 0.3) is 0 Å². The number of benzene rings is 2. The van der Waals surface area contributed by atoms with Gasteiger partial charge in [0.05, 0.1) is 7.11 Å². The van der Waals surface area contributed by atoms with Crippen LogP contribution >= 0.6 is 0 Å². The average Bonchev–Trinajstić information content (AvgIpc) is 2.63. The molecule has 136 valence electrons. The van der Waals surface area contributed by atoms with Crippen LogP contribution in [0.3, 0.4) is 0 Å². The van der Waals surface area contributed by atoms with Gasteiger partial charge < -0.3 is 4.74 Å². The van der Waals surface area contributed by atoms with E-state index in [0.717, 1.165) is 48.1 Å². The fourth-order valence-corrected chi connectivity index (χ4v) is 3.74. The van der Waals surface area contributed by atoms with Crippen LogP contribution in [0.4, 0.5) is 0 Å². The van der Waals surface area contributed by atoms with E-state index in [1.807, 2.05) is 19.1 Å². The quantitative estimate of drug-likeness (QED) is 0.671. The first-order valence-corrected chi connectivity index (χ1v) is 9.43. The van der Waals surface area contributed by atoms with E-state index in [1.54, 1.807) is 7.11 Å². The molecule has 26 heavy (non-hydrogen) atoms. The van der Waals surface area contributed by atoms with E-state index >= 15 is 0 Å². The van der Waals surface area contributed by atoms with Gasteiger partial charge in [0.15, 0.2) is 5.78 Å². The van der Waals surface area contributed by atoms with Crippen molar-refractivity contribution in [1.82, 2.24) is 0 Å². The second-order valence-corrected chi connectivity index (χ2v) is 7.47. The van der Waals surface area contributed by atoms with Crippen LogP contribution in [0.5, 0.6) is 5.75 Å². The van der Waals surface area contributed by atoms with E-state index < -0.39 is 0 Å². The van der Waals surface area contributed by atoms with E-state index in [-0.39, 0.29) is 5.92 Å². The monoisotopic (exact) mass is 348 g/mol. The van der Waals surface area contributed by atoms with Crippen LogP contribution in [-0.2, 0) is 11.2 Å². The van der Waals surface area contributed by atoms with Crippen LogP contribution in [0, 0.1) is 26.7 Å². The predicted octanol–water partition coefficient (Wildman–Crippen LogP) is 5.62. The molecular formula is C24H28O2. The van der Waals surface area contributed by atoms with Crippen molar-refractivity contribution >= 4 is 11.9 Å². The van der Waals surface area contributed by atoms with Gasteiger partial charge >= 0.3 is 0 Å². The second-order valence-electron chi connectivity index (χ2n) is 7.47. The van der Waals surface area contributed by atoms with Gasteiger partial charge in [-0.15, -0.1) is 0 Å². The summed E-state index contributed by atoms with van der Waals surface area (Å²) in [4.78, 5) is 13.0. The molecule has 0 spiro atoms. The summed E-state index contributed by atoms with van der Waals surface area (Å²) in [6.07, 6.45) is 5.83. The highest BCUT2D eigenvalue weighted by atomic mass is 16.5. The van der Waals surface area contributed by atoms with Crippen molar-refractivity contribution in [2.75, 3.05) is 7.11 Å². The minimum atomic E-state index is 0.101. The minimum Gasteiger partial charge on any atom is -0.496 e. The summed E-state index contributed by atoms with van der Waals surface area (Å²) in [6.45, 7) is 6.29. The van der Waals surface area contributed by atoms with Crippen LogP contribution in [0.25, 0.3) is 6.08 Å². The molecular weight excluding hydrogens is 320 g/mol. The first kappa shape index (κ1) is 18.4. The fraction of sp³-hybridized carbons (Fsp3) is 0.375. The Labute approximate surface area is 156 Å². The van der Waals surface area contributed by atoms with Gasteiger partial charge in [-0.25, -0.2) is 0 Å². The molecule has 0 radical (unpaired) electrons. The number of carbonyl (C=O) groups is 1. The molecule has 0 bridgehead atoms. The summed E-state index contributed by atoms with van der Waals surface area (Å²) < 4.78 is 5.41. The highest BCUT2D eigenvalue weighted by Crippen LogP contribution is 2.30. The summed E-state index contributed by atoms with van der Waals surface area (Å²) in [5.41, 5.74) is 6.98. The first-order chi connectivity index (χ1) is 12.5. The Morgan fingerprint density at radius 2 is 1.81 bits per heavy atom. The third kappa shape index (κ3) is 4.07. The molecule has 2 heteroatoms. The Morgan fingerprint density at radius 3 is 2.54 bits per heavy atom. The van der Waals surface area contributed by atoms with Crippen LogP contribution < -0.4 is 4.74 Å². The normalized spacial score (nSPS) is 19.0. The lowest BCUT2D eigenvalue weighted by Crippen LogP contribution is -2.23.